The highest BCUT2D eigenvalue weighted by atomic mass is 19.1. The normalized spacial score (nSPS) is 13.5. The van der Waals surface area contributed by atoms with E-state index in [9.17, 15) is 14.7 Å². The Morgan fingerprint density at radius 3 is 2.42 bits per heavy atom. The second-order valence-corrected chi connectivity index (χ2v) is 11.8. The summed E-state index contributed by atoms with van der Waals surface area (Å²) in [5.41, 5.74) is 0.721. The maximum atomic E-state index is 15.1. The van der Waals surface area contributed by atoms with Crippen LogP contribution in [0.2, 0.25) is 0 Å². The average Bonchev–Trinajstić information content (AvgIpc) is 3.11. The molecule has 2 heterocycles. The van der Waals surface area contributed by atoms with Gasteiger partial charge >= 0.3 is 12.1 Å². The monoisotopic (exact) mass is 688 g/mol. The van der Waals surface area contributed by atoms with Gasteiger partial charge in [-0.15, -0.1) is 0 Å². The third kappa shape index (κ3) is 9.15. The lowest BCUT2D eigenvalue weighted by molar-refractivity contribution is 0.0694. The fourth-order valence-electron chi connectivity index (χ4n) is 5.47. The number of rotatable bonds is 14. The van der Waals surface area contributed by atoms with E-state index in [2.05, 4.69) is 38.9 Å². The van der Waals surface area contributed by atoms with Crippen molar-refractivity contribution in [2.24, 2.45) is 0 Å². The number of carbonyl (C=O) groups is 2. The van der Waals surface area contributed by atoms with Crippen LogP contribution in [0.1, 0.15) is 29.8 Å². The van der Waals surface area contributed by atoms with Crippen LogP contribution in [0.5, 0.6) is 23.0 Å². The molecule has 0 saturated carbocycles. The number of anilines is 3. The van der Waals surface area contributed by atoms with E-state index in [0.717, 1.165) is 26.2 Å². The van der Waals surface area contributed by atoms with E-state index in [4.69, 9.17) is 18.9 Å². The standard InChI is InChI=1S/C36H41FN6O7/c1-24(2)42-17-15-41(16-18-42)19-20-49-32-11-9-26(22-29(32)37)39-35-38-14-13-33(40-35)43(23-25-21-27(47-3)10-12-30(25)48-4)36(46)50-31-8-6-5-7-28(31)34(44)45/h5-14,21-22,24H,15-20,23H2,1-4H3,(H,44,45)(H,38,39,40). The number of carbonyl (C=O) groups excluding carboxylic acids is 1. The van der Waals surface area contributed by atoms with Gasteiger partial charge in [-0.25, -0.2) is 19.0 Å². The first-order valence-corrected chi connectivity index (χ1v) is 16.2. The number of para-hydroxylation sites is 1. The number of hydrogen-bond acceptors (Lipinski definition) is 11. The SMILES string of the molecule is COc1ccc(OC)c(CN(C(=O)Oc2ccccc2C(=O)O)c2ccnc(Nc3ccc(OCCN4CCN(C(C)C)CC4)c(F)c3)n2)c1. The highest BCUT2D eigenvalue weighted by molar-refractivity contribution is 5.94. The van der Waals surface area contributed by atoms with Crippen molar-refractivity contribution in [2.45, 2.75) is 26.4 Å². The minimum atomic E-state index is -1.26. The molecular formula is C36H41FN6O7. The number of piperazine rings is 1. The van der Waals surface area contributed by atoms with Crippen LogP contribution in [0.25, 0.3) is 0 Å². The lowest BCUT2D eigenvalue weighted by Gasteiger charge is -2.36. The molecular weight excluding hydrogens is 647 g/mol. The number of carboxylic acid groups (broad SMARTS) is 1. The first-order chi connectivity index (χ1) is 24.1. The molecule has 4 aromatic rings. The number of aromatic carboxylic acids is 1. The third-order valence-electron chi connectivity index (χ3n) is 8.26. The summed E-state index contributed by atoms with van der Waals surface area (Å²) >= 11 is 0. The molecule has 1 aromatic heterocycles. The maximum Gasteiger partial charge on any atom is 0.421 e. The molecule has 5 rings (SSSR count). The van der Waals surface area contributed by atoms with Gasteiger partial charge in [0.2, 0.25) is 5.95 Å². The van der Waals surface area contributed by atoms with E-state index >= 15 is 4.39 Å². The molecule has 1 saturated heterocycles. The molecule has 1 aliphatic heterocycles. The lowest BCUT2D eigenvalue weighted by Crippen LogP contribution is -2.49. The number of benzene rings is 3. The van der Waals surface area contributed by atoms with Gasteiger partial charge in [-0.2, -0.15) is 4.98 Å². The van der Waals surface area contributed by atoms with Crippen molar-refractivity contribution >= 4 is 29.5 Å². The molecule has 1 amide bonds. The fraction of sp³-hybridized carbons (Fsp3) is 0.333. The van der Waals surface area contributed by atoms with Crippen molar-refractivity contribution in [1.29, 1.82) is 0 Å². The molecule has 0 radical (unpaired) electrons. The molecule has 0 aliphatic carbocycles. The third-order valence-corrected chi connectivity index (χ3v) is 8.26. The molecule has 50 heavy (non-hydrogen) atoms. The zero-order valence-electron chi connectivity index (χ0n) is 28.5. The number of hydrogen-bond donors (Lipinski definition) is 2. The highest BCUT2D eigenvalue weighted by Gasteiger charge is 2.25. The molecule has 0 bridgehead atoms. The predicted molar refractivity (Wildman–Crippen MR) is 186 cm³/mol. The molecule has 14 heteroatoms. The van der Waals surface area contributed by atoms with E-state index in [-0.39, 0.29) is 35.4 Å². The van der Waals surface area contributed by atoms with Crippen LogP contribution in [0.3, 0.4) is 0 Å². The Bertz CT molecular complexity index is 1780. The summed E-state index contributed by atoms with van der Waals surface area (Å²) in [7, 11) is 3.01. The van der Waals surface area contributed by atoms with Gasteiger partial charge in [-0.05, 0) is 62.4 Å². The van der Waals surface area contributed by atoms with E-state index in [1.165, 1.54) is 61.7 Å². The van der Waals surface area contributed by atoms with Gasteiger partial charge in [0, 0.05) is 62.3 Å². The van der Waals surface area contributed by atoms with Crippen molar-refractivity contribution in [2.75, 3.05) is 63.8 Å². The quantitative estimate of drug-likeness (QED) is 0.168. The van der Waals surface area contributed by atoms with Gasteiger partial charge in [-0.1, -0.05) is 12.1 Å². The molecule has 13 nitrogen and oxygen atoms in total. The number of nitrogens with one attached hydrogen (secondary N) is 1. The zero-order chi connectivity index (χ0) is 35.6. The summed E-state index contributed by atoms with van der Waals surface area (Å²) in [6, 6.07) is 17.4. The minimum Gasteiger partial charge on any atom is -0.497 e. The number of methoxy groups -OCH3 is 2. The van der Waals surface area contributed by atoms with Gasteiger partial charge in [-0.3, -0.25) is 14.7 Å². The van der Waals surface area contributed by atoms with Crippen LogP contribution in [-0.2, 0) is 6.54 Å². The molecule has 1 fully saturated rings. The Balaban J connectivity index is 1.32. The van der Waals surface area contributed by atoms with Gasteiger partial charge in [0.25, 0.3) is 0 Å². The van der Waals surface area contributed by atoms with Crippen LogP contribution in [0, 0.1) is 5.82 Å². The Kier molecular flexibility index (Phi) is 12.0. The van der Waals surface area contributed by atoms with Crippen molar-refractivity contribution in [3.8, 4) is 23.0 Å². The number of aromatic nitrogens is 2. The lowest BCUT2D eigenvalue weighted by atomic mass is 10.1. The molecule has 0 atom stereocenters. The van der Waals surface area contributed by atoms with Crippen molar-refractivity contribution < 1.29 is 38.0 Å². The summed E-state index contributed by atoms with van der Waals surface area (Å²) in [4.78, 5) is 40.2. The highest BCUT2D eigenvalue weighted by Crippen LogP contribution is 2.29. The number of halogens is 1. The van der Waals surface area contributed by atoms with Gasteiger partial charge in [0.15, 0.2) is 11.6 Å². The molecule has 0 unspecified atom stereocenters. The second kappa shape index (κ2) is 16.8. The fourth-order valence-corrected chi connectivity index (χ4v) is 5.47. The Labute approximate surface area is 290 Å². The van der Waals surface area contributed by atoms with Crippen molar-refractivity contribution in [1.82, 2.24) is 19.8 Å². The van der Waals surface area contributed by atoms with Gasteiger partial charge < -0.3 is 29.4 Å². The summed E-state index contributed by atoms with van der Waals surface area (Å²) in [6.45, 7) is 9.26. The van der Waals surface area contributed by atoms with Crippen molar-refractivity contribution in [3.63, 3.8) is 0 Å². The smallest absolute Gasteiger partial charge is 0.421 e. The average molecular weight is 689 g/mol. The first-order valence-electron chi connectivity index (χ1n) is 16.2. The second-order valence-electron chi connectivity index (χ2n) is 11.8. The Morgan fingerprint density at radius 1 is 0.960 bits per heavy atom. The molecule has 0 spiro atoms. The Hall–Kier alpha value is -5.47. The Morgan fingerprint density at radius 2 is 1.72 bits per heavy atom. The summed E-state index contributed by atoms with van der Waals surface area (Å²) in [5.74, 6) is -0.657. The largest absolute Gasteiger partial charge is 0.497 e. The molecule has 2 N–H and O–H groups in total. The van der Waals surface area contributed by atoms with Crippen LogP contribution >= 0.6 is 0 Å². The van der Waals surface area contributed by atoms with Crippen LogP contribution in [0.4, 0.5) is 26.6 Å². The zero-order valence-corrected chi connectivity index (χ0v) is 28.5. The molecule has 1 aliphatic rings. The van der Waals surface area contributed by atoms with Crippen molar-refractivity contribution in [3.05, 3.63) is 89.9 Å². The number of ether oxygens (including phenoxy) is 4. The van der Waals surface area contributed by atoms with E-state index in [1.54, 1.807) is 30.3 Å². The maximum absolute atomic E-state index is 15.1. The summed E-state index contributed by atoms with van der Waals surface area (Å²) in [6.07, 6.45) is 0.510. The van der Waals surface area contributed by atoms with E-state index < -0.39 is 17.9 Å². The first kappa shape index (κ1) is 35.8. The minimum absolute atomic E-state index is 0.0671. The number of carboxylic acids is 1. The number of amides is 1. The van der Waals surface area contributed by atoms with Gasteiger partial charge in [0.1, 0.15) is 35.2 Å². The van der Waals surface area contributed by atoms with Crippen LogP contribution in [0.15, 0.2) is 72.9 Å². The van der Waals surface area contributed by atoms with Crippen LogP contribution in [-0.4, -0.2) is 96.5 Å². The van der Waals surface area contributed by atoms with Crippen LogP contribution < -0.4 is 29.2 Å². The number of nitrogens with zero attached hydrogens (tertiary/aromatic N) is 5. The summed E-state index contributed by atoms with van der Waals surface area (Å²) < 4.78 is 37.3. The molecule has 3 aromatic carbocycles. The summed E-state index contributed by atoms with van der Waals surface area (Å²) in [5, 5.41) is 12.6. The van der Waals surface area contributed by atoms with Gasteiger partial charge in [0.05, 0.1) is 20.8 Å². The van der Waals surface area contributed by atoms with E-state index in [0.29, 0.717) is 41.9 Å². The molecule has 264 valence electrons. The van der Waals surface area contributed by atoms with E-state index in [1.807, 2.05) is 0 Å². The topological polar surface area (TPSA) is 139 Å². The predicted octanol–water partition coefficient (Wildman–Crippen LogP) is 5.69.